The molecule has 0 aromatic carbocycles. The van der Waals surface area contributed by atoms with E-state index < -0.39 is 61.1 Å². The number of nitrogens with one attached hydrogen (secondary N) is 2. The minimum absolute atomic E-state index is 0.0243. The van der Waals surface area contributed by atoms with Crippen LogP contribution in [0.25, 0.3) is 0 Å². The first-order chi connectivity index (χ1) is 16.4. The number of aliphatic hydroxyl groups is 1. The molecule has 0 radical (unpaired) electrons. The maximum Gasteiger partial charge on any atom is 0.457 e. The molecule has 8 N–H and O–H groups in total. The number of allylic oxidation sites excluding steroid dienone is 1. The van der Waals surface area contributed by atoms with Gasteiger partial charge in [0.2, 0.25) is 14.8 Å². The highest BCUT2D eigenvalue weighted by molar-refractivity contribution is 7.43. The third-order valence-electron chi connectivity index (χ3n) is 4.80. The molecular formula is C18H24N8O8P+. The Morgan fingerprint density at radius 2 is 2.20 bits per heavy atom. The van der Waals surface area contributed by atoms with Gasteiger partial charge >= 0.3 is 12.1 Å². The molecule has 2 aliphatic rings. The van der Waals surface area contributed by atoms with Gasteiger partial charge in [-0.3, -0.25) is 15.6 Å². The van der Waals surface area contributed by atoms with E-state index in [0.29, 0.717) is 0 Å². The molecule has 4 amide bonds. The summed E-state index contributed by atoms with van der Waals surface area (Å²) in [5.74, 6) is -1.43. The summed E-state index contributed by atoms with van der Waals surface area (Å²) in [5.41, 5.74) is 8.92. The van der Waals surface area contributed by atoms with Gasteiger partial charge in [-0.05, 0) is 5.10 Å². The number of quaternary nitrogens is 1. The van der Waals surface area contributed by atoms with Crippen LogP contribution in [-0.2, 0) is 18.8 Å². The van der Waals surface area contributed by atoms with Crippen molar-refractivity contribution in [2.75, 3.05) is 6.61 Å². The van der Waals surface area contributed by atoms with Crippen molar-refractivity contribution in [3.05, 3.63) is 24.4 Å². The summed E-state index contributed by atoms with van der Waals surface area (Å²) in [5, 5.41) is 36.4. The number of ether oxygens (including phenoxy) is 2. The van der Waals surface area contributed by atoms with Crippen LogP contribution in [0.15, 0.2) is 29.5 Å². The number of guanidine groups is 1. The number of amides is 4. The van der Waals surface area contributed by atoms with E-state index >= 15 is 0 Å². The van der Waals surface area contributed by atoms with Crippen LogP contribution in [0.2, 0.25) is 0 Å². The zero-order valence-corrected chi connectivity index (χ0v) is 19.3. The van der Waals surface area contributed by atoms with Gasteiger partial charge in [0.25, 0.3) is 17.5 Å². The standard InChI is InChI=1S/C18H23N8O8P/c1-3-4-10-6-26(16(29)23-14(10)28,13-5-11(27)12(33-13)7-32-35(22)31)25-15(21)24-17(30)34-18(2,8-19)9-20/h3,6,11-13,27,31H,1,4-5,7,22H2,2H3,(H3-,21,23,24,25,28,29,30)/p+1/t11-,12+,13+,26?,35?/m0/s1. The molecule has 0 aromatic rings. The zero-order valence-electron chi connectivity index (χ0n) is 18.4. The molecule has 35 heavy (non-hydrogen) atoms. The van der Waals surface area contributed by atoms with Gasteiger partial charge in [-0.2, -0.15) is 10.5 Å². The lowest BCUT2D eigenvalue weighted by atomic mass is 10.1. The quantitative estimate of drug-likeness (QED) is 0.0750. The van der Waals surface area contributed by atoms with E-state index in [1.165, 1.54) is 18.2 Å². The number of hydrogen-bond donors (Lipinski definition) is 6. The van der Waals surface area contributed by atoms with Crippen LogP contribution < -0.4 is 21.9 Å². The maximum absolute atomic E-state index is 13.0. The Hall–Kier alpha value is -3.47. The number of nitrogens with zero attached hydrogens (tertiary/aromatic N) is 4. The van der Waals surface area contributed by atoms with E-state index in [1.54, 1.807) is 0 Å². The van der Waals surface area contributed by atoms with Gasteiger partial charge in [0.05, 0.1) is 24.7 Å². The Morgan fingerprint density at radius 1 is 1.54 bits per heavy atom. The minimum atomic E-state index is -2.24. The van der Waals surface area contributed by atoms with Gasteiger partial charge in [-0.1, -0.05) is 10.7 Å². The van der Waals surface area contributed by atoms with Crippen LogP contribution in [0.3, 0.4) is 0 Å². The molecule has 0 saturated carbocycles. The maximum atomic E-state index is 13.0. The van der Waals surface area contributed by atoms with E-state index in [4.69, 9.17) is 35.8 Å². The van der Waals surface area contributed by atoms with Gasteiger partial charge < -0.3 is 29.7 Å². The molecule has 2 heterocycles. The smallest absolute Gasteiger partial charge is 0.414 e. The third-order valence-corrected chi connectivity index (χ3v) is 5.21. The molecular weight excluding hydrogens is 487 g/mol. The molecule has 1 fully saturated rings. The van der Waals surface area contributed by atoms with Gasteiger partial charge in [-0.15, -0.1) is 6.58 Å². The van der Waals surface area contributed by atoms with Crippen molar-refractivity contribution in [2.45, 2.75) is 43.8 Å². The second-order valence-corrected chi connectivity index (χ2v) is 8.30. The lowest BCUT2D eigenvalue weighted by molar-refractivity contribution is -0.858. The Labute approximate surface area is 200 Å². The first-order valence-corrected chi connectivity index (χ1v) is 11.1. The highest BCUT2D eigenvalue weighted by atomic mass is 31.2. The van der Waals surface area contributed by atoms with Gasteiger partial charge in [-0.25, -0.2) is 14.9 Å². The summed E-state index contributed by atoms with van der Waals surface area (Å²) in [6, 6.07) is 1.96. The molecule has 0 aromatic heterocycles. The van der Waals surface area contributed by atoms with Crippen molar-refractivity contribution >= 4 is 32.5 Å². The molecule has 0 spiro atoms. The van der Waals surface area contributed by atoms with Crippen molar-refractivity contribution in [1.82, 2.24) is 10.6 Å². The number of alkyl carbamates (subject to hydrolysis) is 1. The van der Waals surface area contributed by atoms with Gasteiger partial charge in [0, 0.05) is 13.3 Å². The Kier molecular flexibility index (Phi) is 8.97. The van der Waals surface area contributed by atoms with Crippen molar-refractivity contribution in [3.8, 4) is 12.1 Å². The normalized spacial score (nSPS) is 27.7. The number of rotatable bonds is 8. The van der Waals surface area contributed by atoms with Crippen LogP contribution in [-0.4, -0.2) is 69.2 Å². The van der Waals surface area contributed by atoms with Crippen molar-refractivity contribution in [1.29, 1.82) is 10.5 Å². The Bertz CT molecular complexity index is 1020. The summed E-state index contributed by atoms with van der Waals surface area (Å²) in [4.78, 5) is 46.5. The monoisotopic (exact) mass is 511 g/mol. The molecule has 188 valence electrons. The number of hydrogen-bond acceptors (Lipinski definition) is 12. The molecule has 0 bridgehead atoms. The topological polar surface area (TPSA) is 255 Å². The van der Waals surface area contributed by atoms with Crippen molar-refractivity contribution < 1.29 is 43.0 Å². The average Bonchev–Trinajstić information content (AvgIpc) is 3.16. The fourth-order valence-corrected chi connectivity index (χ4v) is 3.42. The number of nitrogens with two attached hydrogens (primary N) is 2. The predicted molar refractivity (Wildman–Crippen MR) is 116 cm³/mol. The highest BCUT2D eigenvalue weighted by Gasteiger charge is 2.56. The minimum Gasteiger partial charge on any atom is -0.414 e. The van der Waals surface area contributed by atoms with Crippen LogP contribution in [0.5, 0.6) is 0 Å². The average molecular weight is 511 g/mol. The fraction of sp³-hybridized carbons (Fsp3) is 0.444. The Morgan fingerprint density at radius 3 is 2.77 bits per heavy atom. The van der Waals surface area contributed by atoms with E-state index in [2.05, 4.69) is 17.0 Å². The fourth-order valence-electron chi connectivity index (χ4n) is 3.12. The Balaban J connectivity index is 2.44. The van der Waals surface area contributed by atoms with Crippen molar-refractivity contribution in [3.63, 3.8) is 0 Å². The molecule has 2 aliphatic heterocycles. The summed E-state index contributed by atoms with van der Waals surface area (Å²) in [6.07, 6.45) is -2.47. The van der Waals surface area contributed by atoms with Gasteiger partial charge in [0.15, 0.2) is 0 Å². The van der Waals surface area contributed by atoms with E-state index in [-0.39, 0.29) is 25.0 Å². The lowest BCUT2D eigenvalue weighted by Gasteiger charge is -2.33. The van der Waals surface area contributed by atoms with Crippen LogP contribution in [0.4, 0.5) is 9.59 Å². The lowest BCUT2D eigenvalue weighted by Crippen LogP contribution is -2.62. The van der Waals surface area contributed by atoms with Crippen LogP contribution >= 0.6 is 8.53 Å². The zero-order chi connectivity index (χ0) is 26.4. The first kappa shape index (κ1) is 27.8. The molecule has 0 aliphatic carbocycles. The summed E-state index contributed by atoms with van der Waals surface area (Å²) in [7, 11) is -2.24. The number of aliphatic hydroxyl groups excluding tert-OH is 1. The summed E-state index contributed by atoms with van der Waals surface area (Å²) < 4.78 is 14.2. The van der Waals surface area contributed by atoms with E-state index in [0.717, 1.165) is 13.1 Å². The van der Waals surface area contributed by atoms with E-state index in [1.807, 2.05) is 5.32 Å². The summed E-state index contributed by atoms with van der Waals surface area (Å²) in [6.45, 7) is 4.27. The number of imide groups is 1. The number of urea groups is 1. The largest absolute Gasteiger partial charge is 0.457 e. The predicted octanol–water partition coefficient (Wildman–Crippen LogP) is -1.05. The van der Waals surface area contributed by atoms with Crippen LogP contribution in [0.1, 0.15) is 19.8 Å². The second kappa shape index (κ2) is 11.3. The molecule has 16 nitrogen and oxygen atoms in total. The number of nitriles is 2. The third kappa shape index (κ3) is 6.56. The van der Waals surface area contributed by atoms with Crippen LogP contribution in [0, 0.1) is 22.7 Å². The number of carbonyl (C=O) groups is 3. The van der Waals surface area contributed by atoms with Crippen molar-refractivity contribution in [2.24, 2.45) is 16.3 Å². The molecule has 17 heteroatoms. The molecule has 5 atom stereocenters. The molecule has 2 unspecified atom stereocenters. The SMILES string of the molecule is C=CCC1=C[N+](N=C(N)NC(=O)OC(C)(C#N)C#N)([C@H]2C[C@H](O)[C@@H](COP(N)O)O2)C(=O)NC1=O. The first-order valence-electron chi connectivity index (χ1n) is 9.85. The molecule has 2 rings (SSSR count). The highest BCUT2D eigenvalue weighted by Crippen LogP contribution is 2.35. The summed E-state index contributed by atoms with van der Waals surface area (Å²) >= 11 is 0. The van der Waals surface area contributed by atoms with Gasteiger partial charge in [0.1, 0.15) is 24.4 Å². The van der Waals surface area contributed by atoms with E-state index in [9.17, 15) is 24.4 Å². The molecule has 1 saturated heterocycles. The number of carbonyl (C=O) groups excluding carboxylic acids is 3. The second-order valence-electron chi connectivity index (χ2n) is 7.43.